The summed E-state index contributed by atoms with van der Waals surface area (Å²) in [5.74, 6) is 2.48. The summed E-state index contributed by atoms with van der Waals surface area (Å²) >= 11 is 0. The summed E-state index contributed by atoms with van der Waals surface area (Å²) in [5, 5.41) is 7.98. The Hall–Kier alpha value is -1.85. The summed E-state index contributed by atoms with van der Waals surface area (Å²) in [6, 6.07) is 10.9. The molecule has 0 saturated heterocycles. The second-order valence-electron chi connectivity index (χ2n) is 8.26. The summed E-state index contributed by atoms with van der Waals surface area (Å²) in [4.78, 5) is 2.09. The molecule has 1 N–H and O–H groups in total. The van der Waals surface area contributed by atoms with E-state index in [4.69, 9.17) is 9.26 Å². The van der Waals surface area contributed by atoms with Gasteiger partial charge in [0.15, 0.2) is 5.76 Å². The van der Waals surface area contributed by atoms with Gasteiger partial charge >= 0.3 is 0 Å². The van der Waals surface area contributed by atoms with Gasteiger partial charge in [0.05, 0.1) is 19.3 Å². The van der Waals surface area contributed by atoms with Gasteiger partial charge in [-0.1, -0.05) is 31.1 Å². The van der Waals surface area contributed by atoms with Gasteiger partial charge < -0.3 is 19.5 Å². The number of nitrogens with one attached hydrogen (secondary N) is 1. The van der Waals surface area contributed by atoms with Crippen LogP contribution in [-0.4, -0.2) is 37.3 Å². The molecule has 0 aliphatic heterocycles. The Morgan fingerprint density at radius 1 is 1.27 bits per heavy atom. The van der Waals surface area contributed by atoms with Gasteiger partial charge in [0.25, 0.3) is 0 Å². The third kappa shape index (κ3) is 4.27. The highest BCUT2D eigenvalue weighted by atomic mass is 16.5. The first-order chi connectivity index (χ1) is 12.4. The third-order valence-electron chi connectivity index (χ3n) is 5.72. The number of ether oxygens (including phenoxy) is 1. The Bertz CT molecular complexity index is 706. The Balaban J connectivity index is 1.50. The van der Waals surface area contributed by atoms with Crippen LogP contribution in [0.15, 0.2) is 34.9 Å². The molecule has 1 aromatic carbocycles. The minimum atomic E-state index is 0.257. The van der Waals surface area contributed by atoms with Crippen molar-refractivity contribution in [2.75, 3.05) is 21.2 Å². The van der Waals surface area contributed by atoms with E-state index in [0.29, 0.717) is 12.0 Å². The highest BCUT2D eigenvalue weighted by molar-refractivity contribution is 5.27. The van der Waals surface area contributed by atoms with Crippen LogP contribution in [-0.2, 0) is 19.5 Å². The van der Waals surface area contributed by atoms with Crippen molar-refractivity contribution < 1.29 is 9.26 Å². The number of benzene rings is 1. The molecule has 1 fully saturated rings. The van der Waals surface area contributed by atoms with Crippen molar-refractivity contribution in [3.8, 4) is 5.75 Å². The molecule has 142 valence electrons. The van der Waals surface area contributed by atoms with E-state index < -0.39 is 0 Å². The minimum Gasteiger partial charge on any atom is -0.497 e. The van der Waals surface area contributed by atoms with Crippen LogP contribution in [0.3, 0.4) is 0 Å². The quantitative estimate of drug-likeness (QED) is 0.784. The van der Waals surface area contributed by atoms with Crippen molar-refractivity contribution in [1.29, 1.82) is 0 Å². The number of nitrogens with zero attached hydrogens (tertiary/aromatic N) is 2. The number of hydrogen-bond donors (Lipinski definition) is 1. The van der Waals surface area contributed by atoms with Gasteiger partial charge in [0, 0.05) is 18.7 Å². The molecule has 0 amide bonds. The van der Waals surface area contributed by atoms with E-state index >= 15 is 0 Å². The molecule has 26 heavy (non-hydrogen) atoms. The fourth-order valence-electron chi connectivity index (χ4n) is 3.78. The molecule has 2 aromatic rings. The third-order valence-corrected chi connectivity index (χ3v) is 5.72. The average Bonchev–Trinajstić information content (AvgIpc) is 3.04. The smallest absolute Gasteiger partial charge is 0.150 e. The Kier molecular flexibility index (Phi) is 5.68. The second kappa shape index (κ2) is 7.80. The number of aromatic nitrogens is 1. The number of rotatable bonds is 8. The summed E-state index contributed by atoms with van der Waals surface area (Å²) in [6.07, 6.45) is 2.17. The molecule has 3 rings (SSSR count). The maximum atomic E-state index is 5.45. The monoisotopic (exact) mass is 357 g/mol. The molecule has 0 radical (unpaired) electrons. The normalized spacial score (nSPS) is 21.6. The SMILES string of the molecule is COc1ccc(CN[C@H]2C[C@@H](Cc3cc(CN(C)C)on3)C2(C)C)cc1. The van der Waals surface area contributed by atoms with E-state index in [1.807, 2.05) is 26.2 Å². The number of hydrogen-bond acceptors (Lipinski definition) is 5. The predicted molar refractivity (Wildman–Crippen MR) is 103 cm³/mol. The lowest BCUT2D eigenvalue weighted by Gasteiger charge is -2.52. The average molecular weight is 357 g/mol. The van der Waals surface area contributed by atoms with Gasteiger partial charge in [-0.2, -0.15) is 0 Å². The zero-order valence-corrected chi connectivity index (χ0v) is 16.6. The Morgan fingerprint density at radius 2 is 2.00 bits per heavy atom. The Labute approximate surface area is 156 Å². The van der Waals surface area contributed by atoms with Gasteiger partial charge in [-0.15, -0.1) is 0 Å². The molecule has 1 aromatic heterocycles. The zero-order valence-electron chi connectivity index (χ0n) is 16.6. The lowest BCUT2D eigenvalue weighted by atomic mass is 9.57. The van der Waals surface area contributed by atoms with E-state index in [1.165, 1.54) is 12.0 Å². The maximum absolute atomic E-state index is 5.45. The van der Waals surface area contributed by atoms with Gasteiger partial charge in [0.2, 0.25) is 0 Å². The van der Waals surface area contributed by atoms with Crippen LogP contribution in [0.4, 0.5) is 0 Å². The molecule has 0 unspecified atom stereocenters. The van der Waals surface area contributed by atoms with Gasteiger partial charge in [-0.05, 0) is 56.0 Å². The molecule has 5 nitrogen and oxygen atoms in total. The van der Waals surface area contributed by atoms with Crippen molar-refractivity contribution in [3.63, 3.8) is 0 Å². The molecule has 0 spiro atoms. The van der Waals surface area contributed by atoms with Crippen LogP contribution in [0.2, 0.25) is 0 Å². The van der Waals surface area contributed by atoms with E-state index in [1.54, 1.807) is 7.11 Å². The molecular weight excluding hydrogens is 326 g/mol. The molecule has 1 saturated carbocycles. The van der Waals surface area contributed by atoms with E-state index in [2.05, 4.69) is 47.4 Å². The fraction of sp³-hybridized carbons (Fsp3) is 0.571. The molecular formula is C21H31N3O2. The second-order valence-corrected chi connectivity index (χ2v) is 8.26. The summed E-state index contributed by atoms with van der Waals surface area (Å²) in [6.45, 7) is 6.40. The van der Waals surface area contributed by atoms with E-state index in [-0.39, 0.29) is 5.41 Å². The molecule has 2 atom stereocenters. The van der Waals surface area contributed by atoms with E-state index in [9.17, 15) is 0 Å². The van der Waals surface area contributed by atoms with Crippen molar-refractivity contribution in [2.24, 2.45) is 11.3 Å². The summed E-state index contributed by atoms with van der Waals surface area (Å²) in [7, 11) is 5.77. The number of methoxy groups -OCH3 is 1. The minimum absolute atomic E-state index is 0.257. The molecule has 1 aliphatic rings. The first-order valence-corrected chi connectivity index (χ1v) is 9.34. The molecule has 1 heterocycles. The van der Waals surface area contributed by atoms with Crippen molar-refractivity contribution in [3.05, 3.63) is 47.3 Å². The van der Waals surface area contributed by atoms with Gasteiger partial charge in [0.1, 0.15) is 5.75 Å². The highest BCUT2D eigenvalue weighted by Gasteiger charge is 2.47. The van der Waals surface area contributed by atoms with Crippen LogP contribution >= 0.6 is 0 Å². The van der Waals surface area contributed by atoms with E-state index in [0.717, 1.165) is 36.7 Å². The first-order valence-electron chi connectivity index (χ1n) is 9.34. The van der Waals surface area contributed by atoms with Crippen LogP contribution < -0.4 is 10.1 Å². The largest absolute Gasteiger partial charge is 0.497 e. The molecule has 5 heteroatoms. The van der Waals surface area contributed by atoms with Crippen LogP contribution in [0.5, 0.6) is 5.75 Å². The highest BCUT2D eigenvalue weighted by Crippen LogP contribution is 2.47. The van der Waals surface area contributed by atoms with Crippen LogP contribution in [0.1, 0.15) is 37.3 Å². The molecule has 1 aliphatic carbocycles. The van der Waals surface area contributed by atoms with Crippen molar-refractivity contribution in [1.82, 2.24) is 15.4 Å². The fourth-order valence-corrected chi connectivity index (χ4v) is 3.78. The van der Waals surface area contributed by atoms with Crippen molar-refractivity contribution >= 4 is 0 Å². The summed E-state index contributed by atoms with van der Waals surface area (Å²) in [5.41, 5.74) is 2.62. The van der Waals surface area contributed by atoms with Crippen molar-refractivity contribution in [2.45, 2.75) is 45.8 Å². The lowest BCUT2D eigenvalue weighted by molar-refractivity contribution is 0.0125. The van der Waals surface area contributed by atoms with Gasteiger partial charge in [-0.3, -0.25) is 0 Å². The summed E-state index contributed by atoms with van der Waals surface area (Å²) < 4.78 is 10.7. The van der Waals surface area contributed by atoms with Crippen LogP contribution in [0.25, 0.3) is 0 Å². The zero-order chi connectivity index (χ0) is 18.7. The van der Waals surface area contributed by atoms with Gasteiger partial charge in [-0.25, -0.2) is 0 Å². The molecule has 0 bridgehead atoms. The Morgan fingerprint density at radius 3 is 2.62 bits per heavy atom. The predicted octanol–water partition coefficient (Wildman–Crippen LogP) is 3.49. The topological polar surface area (TPSA) is 50.5 Å². The maximum Gasteiger partial charge on any atom is 0.150 e. The lowest BCUT2D eigenvalue weighted by Crippen LogP contribution is -2.57. The standard InChI is InChI=1S/C21H31N3O2/c1-21(2)16(10-17-12-19(26-23-17)14-24(3)4)11-20(21)22-13-15-6-8-18(25-5)9-7-15/h6-9,12,16,20,22H,10-11,13-14H2,1-5H3/t16-,20+/m1/s1. The first kappa shape index (κ1) is 18.9. The van der Waals surface area contributed by atoms with Crippen LogP contribution in [0, 0.1) is 11.3 Å².